The van der Waals surface area contributed by atoms with Crippen molar-refractivity contribution >= 4 is 16.7 Å². The van der Waals surface area contributed by atoms with Crippen LogP contribution >= 0.6 is 0 Å². The first-order chi connectivity index (χ1) is 7.72. The highest BCUT2D eigenvalue weighted by Gasteiger charge is 2.07. The molecule has 0 heterocycles. The molecule has 0 aromatic heterocycles. The van der Waals surface area contributed by atoms with Gasteiger partial charge in [0, 0.05) is 0 Å². The lowest BCUT2D eigenvalue weighted by atomic mass is 10.0. The second-order valence-corrected chi connectivity index (χ2v) is 3.66. The van der Waals surface area contributed by atoms with Gasteiger partial charge in [-0.15, -0.1) is 6.58 Å². The van der Waals surface area contributed by atoms with Gasteiger partial charge in [-0.2, -0.15) is 0 Å². The third-order valence-electron chi connectivity index (χ3n) is 2.56. The van der Waals surface area contributed by atoms with E-state index in [0.717, 1.165) is 22.8 Å². The first kappa shape index (κ1) is 10.4. The smallest absolute Gasteiger partial charge is 0.336 e. The van der Waals surface area contributed by atoms with E-state index in [9.17, 15) is 4.79 Å². The van der Waals surface area contributed by atoms with E-state index in [-0.39, 0.29) is 0 Å². The Morgan fingerprint density at radius 3 is 2.81 bits per heavy atom. The number of aromatic carboxylic acids is 1. The van der Waals surface area contributed by atoms with Crippen molar-refractivity contribution in [1.82, 2.24) is 0 Å². The van der Waals surface area contributed by atoms with Crippen molar-refractivity contribution in [2.45, 2.75) is 6.42 Å². The zero-order valence-corrected chi connectivity index (χ0v) is 8.81. The van der Waals surface area contributed by atoms with Gasteiger partial charge < -0.3 is 5.11 Å². The highest BCUT2D eigenvalue weighted by atomic mass is 16.4. The van der Waals surface area contributed by atoms with Crippen LogP contribution in [0.3, 0.4) is 0 Å². The summed E-state index contributed by atoms with van der Waals surface area (Å²) in [5.74, 6) is -0.887. The minimum Gasteiger partial charge on any atom is -0.478 e. The molecular formula is C14H12O2. The quantitative estimate of drug-likeness (QED) is 0.793. The molecule has 2 heteroatoms. The number of hydrogen-bond donors (Lipinski definition) is 1. The molecule has 80 valence electrons. The Hall–Kier alpha value is -2.09. The summed E-state index contributed by atoms with van der Waals surface area (Å²) in [6, 6.07) is 11.1. The van der Waals surface area contributed by atoms with Crippen LogP contribution in [0.2, 0.25) is 0 Å². The van der Waals surface area contributed by atoms with Gasteiger partial charge in [0.2, 0.25) is 0 Å². The molecule has 2 aromatic rings. The van der Waals surface area contributed by atoms with Gasteiger partial charge >= 0.3 is 5.97 Å². The molecule has 0 aliphatic rings. The largest absolute Gasteiger partial charge is 0.478 e. The van der Waals surface area contributed by atoms with E-state index in [2.05, 4.69) is 6.58 Å². The van der Waals surface area contributed by atoms with E-state index >= 15 is 0 Å². The van der Waals surface area contributed by atoms with Gasteiger partial charge in [-0.3, -0.25) is 0 Å². The maximum Gasteiger partial charge on any atom is 0.336 e. The van der Waals surface area contributed by atoms with Crippen molar-refractivity contribution in [1.29, 1.82) is 0 Å². The third-order valence-corrected chi connectivity index (χ3v) is 2.56. The van der Waals surface area contributed by atoms with Gasteiger partial charge in [0.15, 0.2) is 0 Å². The van der Waals surface area contributed by atoms with Gasteiger partial charge in [0.25, 0.3) is 0 Å². The average Bonchev–Trinajstić information content (AvgIpc) is 2.28. The van der Waals surface area contributed by atoms with Crippen LogP contribution in [0, 0.1) is 0 Å². The van der Waals surface area contributed by atoms with E-state index < -0.39 is 5.97 Å². The predicted octanol–water partition coefficient (Wildman–Crippen LogP) is 3.27. The summed E-state index contributed by atoms with van der Waals surface area (Å²) in [6.45, 7) is 3.69. The summed E-state index contributed by atoms with van der Waals surface area (Å²) in [4.78, 5) is 11.0. The fourth-order valence-corrected chi connectivity index (χ4v) is 1.81. The molecule has 1 N–H and O–H groups in total. The summed E-state index contributed by atoms with van der Waals surface area (Å²) in [5.41, 5.74) is 1.49. The molecule has 0 saturated carbocycles. The Morgan fingerprint density at radius 2 is 2.12 bits per heavy atom. The van der Waals surface area contributed by atoms with Gasteiger partial charge in [-0.1, -0.05) is 36.4 Å². The topological polar surface area (TPSA) is 37.3 Å². The maximum absolute atomic E-state index is 11.0. The van der Waals surface area contributed by atoms with Gasteiger partial charge in [-0.25, -0.2) is 4.79 Å². The van der Waals surface area contributed by atoms with Crippen LogP contribution in [0.15, 0.2) is 49.1 Å². The Kier molecular flexibility index (Phi) is 2.73. The molecule has 0 aliphatic heterocycles. The number of rotatable bonds is 3. The second kappa shape index (κ2) is 4.19. The lowest BCUT2D eigenvalue weighted by Gasteiger charge is -2.04. The van der Waals surface area contributed by atoms with Gasteiger partial charge in [0.1, 0.15) is 0 Å². The van der Waals surface area contributed by atoms with Crippen molar-refractivity contribution in [3.63, 3.8) is 0 Å². The van der Waals surface area contributed by atoms with Crippen LogP contribution < -0.4 is 0 Å². The summed E-state index contributed by atoms with van der Waals surface area (Å²) in [5, 5.41) is 10.8. The highest BCUT2D eigenvalue weighted by molar-refractivity contribution is 6.03. The zero-order valence-electron chi connectivity index (χ0n) is 8.81. The van der Waals surface area contributed by atoms with E-state index in [1.165, 1.54) is 0 Å². The van der Waals surface area contributed by atoms with Gasteiger partial charge in [-0.05, 0) is 28.8 Å². The number of allylic oxidation sites excluding steroid dienone is 1. The average molecular weight is 212 g/mol. The Morgan fingerprint density at radius 1 is 1.31 bits per heavy atom. The normalized spacial score (nSPS) is 10.2. The minimum absolute atomic E-state index is 0.350. The molecule has 0 atom stereocenters. The number of fused-ring (bicyclic) bond motifs is 1. The van der Waals surface area contributed by atoms with Crippen LogP contribution in [0.5, 0.6) is 0 Å². The third kappa shape index (κ3) is 1.82. The molecular weight excluding hydrogens is 200 g/mol. The molecule has 0 unspecified atom stereocenters. The van der Waals surface area contributed by atoms with Gasteiger partial charge in [0.05, 0.1) is 5.56 Å². The molecule has 2 nitrogen and oxygen atoms in total. The van der Waals surface area contributed by atoms with Crippen molar-refractivity contribution in [3.8, 4) is 0 Å². The summed E-state index contributed by atoms with van der Waals surface area (Å²) in [7, 11) is 0. The van der Waals surface area contributed by atoms with Crippen LogP contribution in [0.4, 0.5) is 0 Å². The van der Waals surface area contributed by atoms with Crippen LogP contribution in [0.1, 0.15) is 15.9 Å². The van der Waals surface area contributed by atoms with Crippen LogP contribution in [-0.2, 0) is 6.42 Å². The predicted molar refractivity (Wildman–Crippen MR) is 64.8 cm³/mol. The molecule has 2 aromatic carbocycles. The molecule has 0 bridgehead atoms. The summed E-state index contributed by atoms with van der Waals surface area (Å²) < 4.78 is 0. The Labute approximate surface area is 93.8 Å². The molecule has 16 heavy (non-hydrogen) atoms. The molecule has 0 spiro atoms. The molecule has 0 amide bonds. The first-order valence-corrected chi connectivity index (χ1v) is 5.08. The fourth-order valence-electron chi connectivity index (χ4n) is 1.81. The second-order valence-electron chi connectivity index (χ2n) is 3.66. The van der Waals surface area contributed by atoms with Crippen molar-refractivity contribution in [2.24, 2.45) is 0 Å². The zero-order chi connectivity index (χ0) is 11.5. The van der Waals surface area contributed by atoms with E-state index in [1.807, 2.05) is 30.3 Å². The number of benzene rings is 2. The summed E-state index contributed by atoms with van der Waals surface area (Å²) >= 11 is 0. The van der Waals surface area contributed by atoms with E-state index in [0.29, 0.717) is 5.56 Å². The highest BCUT2D eigenvalue weighted by Crippen LogP contribution is 2.20. The number of carboxylic acids is 1. The molecule has 0 radical (unpaired) electrons. The van der Waals surface area contributed by atoms with E-state index in [4.69, 9.17) is 5.11 Å². The maximum atomic E-state index is 11.0. The number of carboxylic acid groups (broad SMARTS) is 1. The molecule has 0 fully saturated rings. The molecule has 0 saturated heterocycles. The standard InChI is InChI=1S/C14H12O2/c1-2-4-10-7-8-12-11(9-10)5-3-6-13(12)14(15)16/h2-3,5-9H,1,4H2,(H,15,16). The van der Waals surface area contributed by atoms with Crippen molar-refractivity contribution < 1.29 is 9.90 Å². The summed E-state index contributed by atoms with van der Waals surface area (Å²) in [6.07, 6.45) is 2.63. The Bertz CT molecular complexity index is 556. The lowest BCUT2D eigenvalue weighted by molar-refractivity contribution is 0.0699. The van der Waals surface area contributed by atoms with E-state index in [1.54, 1.807) is 12.1 Å². The van der Waals surface area contributed by atoms with Crippen LogP contribution in [-0.4, -0.2) is 11.1 Å². The first-order valence-electron chi connectivity index (χ1n) is 5.08. The molecule has 2 rings (SSSR count). The lowest BCUT2D eigenvalue weighted by Crippen LogP contribution is -1.97. The Balaban J connectivity index is 2.63. The molecule has 0 aliphatic carbocycles. The monoisotopic (exact) mass is 212 g/mol. The number of carbonyl (C=O) groups is 1. The van der Waals surface area contributed by atoms with Crippen molar-refractivity contribution in [3.05, 3.63) is 60.2 Å². The SMILES string of the molecule is C=CCc1ccc2c(C(=O)O)cccc2c1. The van der Waals surface area contributed by atoms with Crippen molar-refractivity contribution in [2.75, 3.05) is 0 Å². The minimum atomic E-state index is -0.887. The number of hydrogen-bond acceptors (Lipinski definition) is 1. The van der Waals surface area contributed by atoms with Crippen LogP contribution in [0.25, 0.3) is 10.8 Å². The fraction of sp³-hybridized carbons (Fsp3) is 0.0714.